The minimum absolute atomic E-state index is 0. The third kappa shape index (κ3) is 5.62. The Morgan fingerprint density at radius 2 is 1.57 bits per heavy atom. The number of hydrogen-bond acceptors (Lipinski definition) is 3. The Morgan fingerprint density at radius 3 is 1.57 bits per heavy atom. The molecule has 0 aliphatic heterocycles. The molecule has 0 rings (SSSR count). The van der Waals surface area contributed by atoms with E-state index in [1.54, 1.807) is 0 Å². The first kappa shape index (κ1) is 9.80. The molecule has 0 aliphatic rings. The summed E-state index contributed by atoms with van der Waals surface area (Å²) in [6.45, 7) is 0. The van der Waals surface area contributed by atoms with Crippen LogP contribution in [0.15, 0.2) is 0 Å². The summed E-state index contributed by atoms with van der Waals surface area (Å²) >= 11 is 0. The van der Waals surface area contributed by atoms with Crippen LogP contribution in [0, 0.1) is 0 Å². The zero-order valence-corrected chi connectivity index (χ0v) is 5.22. The second-order valence-electron chi connectivity index (χ2n) is 0.658. The zero-order chi connectivity index (χ0) is 4.99. The van der Waals surface area contributed by atoms with Gasteiger partial charge >= 0.3 is 6.16 Å². The van der Waals surface area contributed by atoms with Gasteiger partial charge in [-0.2, -0.15) is 13.5 Å². The lowest BCUT2D eigenvalue weighted by molar-refractivity contribution is 0.0924. The Hall–Kier alpha value is -0.380. The van der Waals surface area contributed by atoms with Crippen LogP contribution in [0.2, 0.25) is 0 Å². The van der Waals surface area contributed by atoms with Crippen LogP contribution >= 0.6 is 13.5 Å². The number of ether oxygens (including phenoxy) is 2. The van der Waals surface area contributed by atoms with Crippen molar-refractivity contribution in [2.24, 2.45) is 0 Å². The van der Waals surface area contributed by atoms with E-state index in [4.69, 9.17) is 0 Å². The van der Waals surface area contributed by atoms with E-state index < -0.39 is 6.16 Å². The molecule has 0 radical (unpaired) electrons. The van der Waals surface area contributed by atoms with Crippen LogP contribution in [-0.4, -0.2) is 20.4 Å². The molecule has 4 heteroatoms. The van der Waals surface area contributed by atoms with Gasteiger partial charge in [0.25, 0.3) is 0 Å². The fourth-order valence-corrected chi connectivity index (χ4v) is 0.0833. The smallest absolute Gasteiger partial charge is 0.438 e. The molecule has 0 aliphatic carbocycles. The van der Waals surface area contributed by atoms with E-state index in [1.165, 1.54) is 14.2 Å². The van der Waals surface area contributed by atoms with E-state index in [-0.39, 0.29) is 13.5 Å². The van der Waals surface area contributed by atoms with Gasteiger partial charge in [-0.3, -0.25) is 0 Å². The van der Waals surface area contributed by atoms with Crippen molar-refractivity contribution in [3.05, 3.63) is 0 Å². The first-order chi connectivity index (χ1) is 2.81. The Bertz CT molecular complexity index is 48.1. The molecule has 3 nitrogen and oxygen atoms in total. The lowest BCUT2D eigenvalue weighted by Gasteiger charge is -1.89. The molecule has 0 unspecified atom stereocenters. The fourth-order valence-electron chi connectivity index (χ4n) is 0.0833. The topological polar surface area (TPSA) is 35.5 Å². The molecule has 0 saturated carbocycles. The summed E-state index contributed by atoms with van der Waals surface area (Å²) in [4.78, 5) is 9.74. The SMILES string of the molecule is COC(=O)OC.S. The molecule has 0 aromatic carbocycles. The molecule has 0 N–H and O–H groups in total. The van der Waals surface area contributed by atoms with Gasteiger partial charge in [0, 0.05) is 0 Å². The van der Waals surface area contributed by atoms with E-state index in [9.17, 15) is 4.79 Å². The van der Waals surface area contributed by atoms with Gasteiger partial charge in [0.1, 0.15) is 0 Å². The van der Waals surface area contributed by atoms with Crippen molar-refractivity contribution in [1.82, 2.24) is 0 Å². The summed E-state index contributed by atoms with van der Waals surface area (Å²) in [5, 5.41) is 0. The summed E-state index contributed by atoms with van der Waals surface area (Å²) in [5.41, 5.74) is 0. The minimum atomic E-state index is -0.657. The molecule has 0 bridgehead atoms. The molecule has 7 heavy (non-hydrogen) atoms. The Labute approximate surface area is 49.1 Å². The predicted octanol–water partition coefficient (Wildman–Crippen LogP) is 0.512. The van der Waals surface area contributed by atoms with Gasteiger partial charge in [0.15, 0.2) is 0 Å². The highest BCUT2D eigenvalue weighted by atomic mass is 32.1. The summed E-state index contributed by atoms with van der Waals surface area (Å²) < 4.78 is 8.08. The number of hydrogen-bond donors (Lipinski definition) is 0. The highest BCUT2D eigenvalue weighted by Gasteiger charge is 1.88. The Morgan fingerprint density at radius 1 is 1.29 bits per heavy atom. The molecule has 0 fully saturated rings. The Balaban J connectivity index is 0. The monoisotopic (exact) mass is 124 g/mol. The first-order valence-electron chi connectivity index (χ1n) is 1.43. The maximum absolute atomic E-state index is 9.74. The number of rotatable bonds is 0. The molecule has 0 atom stereocenters. The van der Waals surface area contributed by atoms with Crippen LogP contribution in [0.25, 0.3) is 0 Å². The molecule has 0 amide bonds. The van der Waals surface area contributed by atoms with Gasteiger partial charge in [-0.25, -0.2) is 4.79 Å². The van der Waals surface area contributed by atoms with Gasteiger partial charge in [0.2, 0.25) is 0 Å². The fraction of sp³-hybridized carbons (Fsp3) is 0.667. The van der Waals surface area contributed by atoms with Gasteiger partial charge in [0.05, 0.1) is 14.2 Å². The summed E-state index contributed by atoms with van der Waals surface area (Å²) in [7, 11) is 2.51. The van der Waals surface area contributed by atoms with E-state index in [2.05, 4.69) is 9.47 Å². The number of methoxy groups -OCH3 is 2. The van der Waals surface area contributed by atoms with Crippen molar-refractivity contribution in [3.8, 4) is 0 Å². The lowest BCUT2D eigenvalue weighted by Crippen LogP contribution is -1.97. The van der Waals surface area contributed by atoms with Crippen molar-refractivity contribution >= 4 is 19.7 Å². The van der Waals surface area contributed by atoms with E-state index in [0.29, 0.717) is 0 Å². The van der Waals surface area contributed by atoms with Crippen LogP contribution in [0.4, 0.5) is 4.79 Å². The number of carbonyl (C=O) groups is 1. The van der Waals surface area contributed by atoms with Crippen molar-refractivity contribution in [3.63, 3.8) is 0 Å². The van der Waals surface area contributed by atoms with Crippen molar-refractivity contribution in [2.45, 2.75) is 0 Å². The molecule has 0 heterocycles. The van der Waals surface area contributed by atoms with Gasteiger partial charge < -0.3 is 9.47 Å². The van der Waals surface area contributed by atoms with Gasteiger partial charge in [-0.05, 0) is 0 Å². The second-order valence-corrected chi connectivity index (χ2v) is 0.658. The van der Waals surface area contributed by atoms with Crippen LogP contribution in [-0.2, 0) is 9.47 Å². The molecule has 0 aromatic rings. The minimum Gasteiger partial charge on any atom is -0.438 e. The molecule has 0 saturated heterocycles. The predicted molar refractivity (Wildman–Crippen MR) is 29.8 cm³/mol. The molecule has 0 aromatic heterocycles. The van der Waals surface area contributed by atoms with Crippen molar-refractivity contribution < 1.29 is 14.3 Å². The largest absolute Gasteiger partial charge is 0.507 e. The quantitative estimate of drug-likeness (QED) is 0.441. The molecule has 0 spiro atoms. The van der Waals surface area contributed by atoms with Gasteiger partial charge in [-0.15, -0.1) is 0 Å². The van der Waals surface area contributed by atoms with Crippen molar-refractivity contribution in [2.75, 3.05) is 14.2 Å². The van der Waals surface area contributed by atoms with E-state index in [0.717, 1.165) is 0 Å². The van der Waals surface area contributed by atoms with Crippen molar-refractivity contribution in [1.29, 1.82) is 0 Å². The highest BCUT2D eigenvalue weighted by Crippen LogP contribution is 1.72. The summed E-state index contributed by atoms with van der Waals surface area (Å²) in [6, 6.07) is 0. The molecule has 44 valence electrons. The average molecular weight is 124 g/mol. The third-order valence-electron chi connectivity index (χ3n) is 0.333. The van der Waals surface area contributed by atoms with Crippen LogP contribution in [0.3, 0.4) is 0 Å². The average Bonchev–Trinajstić information content (AvgIpc) is 1.65. The Kier molecular flexibility index (Phi) is 7.86. The highest BCUT2D eigenvalue weighted by molar-refractivity contribution is 7.59. The van der Waals surface area contributed by atoms with Crippen LogP contribution in [0.5, 0.6) is 0 Å². The lowest BCUT2D eigenvalue weighted by atomic mass is 11.3. The standard InChI is InChI=1S/C3H6O3.H2S/c1-5-3(4)6-2;/h1-2H3;1H2. The maximum Gasteiger partial charge on any atom is 0.507 e. The zero-order valence-electron chi connectivity index (χ0n) is 4.22. The second kappa shape index (κ2) is 5.62. The summed E-state index contributed by atoms with van der Waals surface area (Å²) in [5.74, 6) is 0. The summed E-state index contributed by atoms with van der Waals surface area (Å²) in [6.07, 6.45) is -0.657. The maximum atomic E-state index is 9.74. The van der Waals surface area contributed by atoms with E-state index >= 15 is 0 Å². The third-order valence-corrected chi connectivity index (χ3v) is 0.333. The van der Waals surface area contributed by atoms with Crippen LogP contribution < -0.4 is 0 Å². The molecular weight excluding hydrogens is 116 g/mol. The first-order valence-corrected chi connectivity index (χ1v) is 1.43. The van der Waals surface area contributed by atoms with Gasteiger partial charge in [-0.1, -0.05) is 0 Å². The molecular formula is C3H8O3S. The normalized spacial score (nSPS) is 6.00. The number of carbonyl (C=O) groups excluding carboxylic acids is 1. The van der Waals surface area contributed by atoms with E-state index in [1.807, 2.05) is 0 Å². The van der Waals surface area contributed by atoms with Crippen LogP contribution in [0.1, 0.15) is 0 Å².